The Kier molecular flexibility index (Phi) is 2.80. The first kappa shape index (κ1) is 12.8. The molecule has 0 aliphatic heterocycles. The number of hydrogen-bond donors (Lipinski definition) is 2. The maximum atomic E-state index is 9.84. The first-order valence-corrected chi connectivity index (χ1v) is 7.44. The first-order valence-electron chi connectivity index (χ1n) is 6.56. The van der Waals surface area contributed by atoms with Gasteiger partial charge in [0, 0.05) is 11.5 Å². The van der Waals surface area contributed by atoms with E-state index in [-0.39, 0.29) is 17.6 Å². The van der Waals surface area contributed by atoms with Crippen molar-refractivity contribution in [2.75, 3.05) is 5.32 Å². The molecule has 0 radical (unpaired) electrons. The van der Waals surface area contributed by atoms with Crippen LogP contribution in [-0.2, 0) is 0 Å². The Morgan fingerprint density at radius 1 is 1.37 bits per heavy atom. The predicted molar refractivity (Wildman–Crippen MR) is 78.7 cm³/mol. The molecule has 4 nitrogen and oxygen atoms in total. The molecule has 19 heavy (non-hydrogen) atoms. The van der Waals surface area contributed by atoms with Crippen molar-refractivity contribution in [1.82, 2.24) is 9.97 Å². The number of hydrogen-bond acceptors (Lipinski definition) is 5. The number of aliphatic hydroxyl groups is 1. The highest BCUT2D eigenvalue weighted by Crippen LogP contribution is 2.43. The maximum Gasteiger partial charge on any atom is 0.139 e. The topological polar surface area (TPSA) is 58.0 Å². The highest BCUT2D eigenvalue weighted by atomic mass is 32.1. The Bertz CT molecular complexity index is 635. The quantitative estimate of drug-likeness (QED) is 0.886. The SMILES string of the molecule is Cc1nc(NC2CC(O)C2(C)C)c2c(C)csc2n1. The molecule has 0 aromatic carbocycles. The fourth-order valence-electron chi connectivity index (χ4n) is 2.61. The number of aryl methyl sites for hydroxylation is 2. The summed E-state index contributed by atoms with van der Waals surface area (Å²) in [4.78, 5) is 10.1. The van der Waals surface area contributed by atoms with Crippen molar-refractivity contribution in [1.29, 1.82) is 0 Å². The third kappa shape index (κ3) is 1.92. The zero-order valence-electron chi connectivity index (χ0n) is 11.7. The number of nitrogens with zero attached hydrogens (tertiary/aromatic N) is 2. The maximum absolute atomic E-state index is 9.84. The van der Waals surface area contributed by atoms with Crippen LogP contribution in [0.5, 0.6) is 0 Å². The van der Waals surface area contributed by atoms with Crippen LogP contribution in [0.1, 0.15) is 31.7 Å². The molecule has 1 saturated carbocycles. The lowest BCUT2D eigenvalue weighted by atomic mass is 9.64. The molecule has 2 N–H and O–H groups in total. The van der Waals surface area contributed by atoms with Crippen molar-refractivity contribution in [3.05, 3.63) is 16.8 Å². The zero-order chi connectivity index (χ0) is 13.8. The van der Waals surface area contributed by atoms with Crippen molar-refractivity contribution in [3.8, 4) is 0 Å². The van der Waals surface area contributed by atoms with Gasteiger partial charge in [-0.3, -0.25) is 0 Å². The summed E-state index contributed by atoms with van der Waals surface area (Å²) < 4.78 is 0. The van der Waals surface area contributed by atoms with E-state index in [1.807, 2.05) is 6.92 Å². The van der Waals surface area contributed by atoms with E-state index >= 15 is 0 Å². The van der Waals surface area contributed by atoms with Gasteiger partial charge >= 0.3 is 0 Å². The number of aromatic nitrogens is 2. The van der Waals surface area contributed by atoms with Crippen LogP contribution in [0.25, 0.3) is 10.2 Å². The van der Waals surface area contributed by atoms with Crippen molar-refractivity contribution < 1.29 is 5.11 Å². The predicted octanol–water partition coefficient (Wildman–Crippen LogP) is 2.88. The van der Waals surface area contributed by atoms with E-state index in [2.05, 4.69) is 41.4 Å². The van der Waals surface area contributed by atoms with Crippen LogP contribution in [-0.4, -0.2) is 27.2 Å². The van der Waals surface area contributed by atoms with E-state index in [1.165, 1.54) is 5.56 Å². The summed E-state index contributed by atoms with van der Waals surface area (Å²) >= 11 is 1.65. The van der Waals surface area contributed by atoms with Crippen molar-refractivity contribution >= 4 is 27.4 Å². The molecule has 0 bridgehead atoms. The van der Waals surface area contributed by atoms with Gasteiger partial charge in [-0.05, 0) is 31.2 Å². The van der Waals surface area contributed by atoms with Gasteiger partial charge < -0.3 is 10.4 Å². The highest BCUT2D eigenvalue weighted by molar-refractivity contribution is 7.17. The van der Waals surface area contributed by atoms with Crippen molar-refractivity contribution in [2.24, 2.45) is 5.41 Å². The lowest BCUT2D eigenvalue weighted by molar-refractivity contribution is -0.0511. The molecule has 2 heterocycles. The number of nitrogens with one attached hydrogen (secondary N) is 1. The van der Waals surface area contributed by atoms with Crippen molar-refractivity contribution in [3.63, 3.8) is 0 Å². The minimum Gasteiger partial charge on any atom is -0.392 e. The molecule has 2 unspecified atom stereocenters. The van der Waals surface area contributed by atoms with Gasteiger partial charge in [-0.15, -0.1) is 11.3 Å². The largest absolute Gasteiger partial charge is 0.392 e. The van der Waals surface area contributed by atoms with Crippen LogP contribution in [0.3, 0.4) is 0 Å². The Balaban J connectivity index is 1.99. The van der Waals surface area contributed by atoms with E-state index in [0.29, 0.717) is 0 Å². The first-order chi connectivity index (χ1) is 8.89. The molecule has 0 saturated heterocycles. The van der Waals surface area contributed by atoms with Crippen LogP contribution < -0.4 is 5.32 Å². The minimum absolute atomic E-state index is 0.102. The van der Waals surface area contributed by atoms with E-state index < -0.39 is 0 Å². The van der Waals surface area contributed by atoms with Crippen molar-refractivity contribution in [2.45, 2.75) is 46.3 Å². The number of thiophene rings is 1. The Morgan fingerprint density at radius 2 is 2.11 bits per heavy atom. The summed E-state index contributed by atoms with van der Waals surface area (Å²) in [5.74, 6) is 1.70. The average Bonchev–Trinajstić information content (AvgIpc) is 2.70. The Labute approximate surface area is 116 Å². The molecule has 2 aromatic heterocycles. The van der Waals surface area contributed by atoms with Gasteiger partial charge in [-0.1, -0.05) is 13.8 Å². The second-order valence-electron chi connectivity index (χ2n) is 5.99. The van der Waals surface area contributed by atoms with Crippen LogP contribution in [0.4, 0.5) is 5.82 Å². The summed E-state index contributed by atoms with van der Waals surface area (Å²) in [5.41, 5.74) is 1.11. The Morgan fingerprint density at radius 3 is 2.74 bits per heavy atom. The number of fused-ring (bicyclic) bond motifs is 1. The van der Waals surface area contributed by atoms with E-state index in [4.69, 9.17) is 0 Å². The molecule has 1 aliphatic carbocycles. The van der Waals surface area contributed by atoms with Gasteiger partial charge in [-0.2, -0.15) is 0 Å². The van der Waals surface area contributed by atoms with Crippen LogP contribution in [0.15, 0.2) is 5.38 Å². The van der Waals surface area contributed by atoms with Gasteiger partial charge in [0.1, 0.15) is 16.5 Å². The second kappa shape index (κ2) is 4.15. The molecule has 1 fully saturated rings. The van der Waals surface area contributed by atoms with E-state index in [9.17, 15) is 5.11 Å². The monoisotopic (exact) mass is 277 g/mol. The average molecular weight is 277 g/mol. The summed E-state index contributed by atoms with van der Waals surface area (Å²) in [7, 11) is 0. The molecule has 5 heteroatoms. The molecule has 1 aliphatic rings. The third-order valence-corrected chi connectivity index (χ3v) is 5.25. The number of aliphatic hydroxyl groups excluding tert-OH is 1. The number of rotatable bonds is 2. The zero-order valence-corrected chi connectivity index (χ0v) is 12.5. The fourth-order valence-corrected chi connectivity index (χ4v) is 3.57. The van der Waals surface area contributed by atoms with Crippen LogP contribution in [0, 0.1) is 19.3 Å². The lowest BCUT2D eigenvalue weighted by Crippen LogP contribution is -2.57. The third-order valence-electron chi connectivity index (χ3n) is 4.26. The second-order valence-corrected chi connectivity index (χ2v) is 6.85. The molecule has 102 valence electrons. The minimum atomic E-state index is -0.230. The lowest BCUT2D eigenvalue weighted by Gasteiger charge is -2.49. The van der Waals surface area contributed by atoms with Crippen LogP contribution >= 0.6 is 11.3 Å². The highest BCUT2D eigenvalue weighted by Gasteiger charge is 2.47. The Hall–Kier alpha value is -1.20. The summed E-state index contributed by atoms with van der Waals surface area (Å²) in [6.07, 6.45) is 0.549. The molecule has 0 spiro atoms. The van der Waals surface area contributed by atoms with Gasteiger partial charge in [-0.25, -0.2) is 9.97 Å². The summed E-state index contributed by atoms with van der Waals surface area (Å²) in [5, 5.41) is 16.6. The smallest absolute Gasteiger partial charge is 0.139 e. The van der Waals surface area contributed by atoms with Gasteiger partial charge in [0.05, 0.1) is 11.5 Å². The van der Waals surface area contributed by atoms with Crippen LogP contribution in [0.2, 0.25) is 0 Å². The molecule has 3 rings (SSSR count). The molecular formula is C14H19N3OS. The fraction of sp³-hybridized carbons (Fsp3) is 0.571. The molecular weight excluding hydrogens is 258 g/mol. The number of anilines is 1. The van der Waals surface area contributed by atoms with Gasteiger partial charge in [0.25, 0.3) is 0 Å². The summed E-state index contributed by atoms with van der Waals surface area (Å²) in [6.45, 7) is 8.18. The van der Waals surface area contributed by atoms with Gasteiger partial charge in [0.2, 0.25) is 0 Å². The summed E-state index contributed by atoms with van der Waals surface area (Å²) in [6, 6.07) is 0.263. The van der Waals surface area contributed by atoms with Gasteiger partial charge in [0.15, 0.2) is 0 Å². The normalized spacial score (nSPS) is 25.3. The molecule has 0 amide bonds. The molecule has 2 atom stereocenters. The van der Waals surface area contributed by atoms with E-state index in [1.54, 1.807) is 11.3 Å². The van der Waals surface area contributed by atoms with E-state index in [0.717, 1.165) is 28.3 Å². The molecule has 2 aromatic rings. The standard InChI is InChI=1S/C14H19N3OS/c1-7-6-19-13-11(7)12(15-8(2)16-13)17-9-5-10(18)14(9,3)4/h6,9-10,18H,5H2,1-4H3,(H,15,16,17).